The first-order valence-electron chi connectivity index (χ1n) is 7.55. The third kappa shape index (κ3) is 7.17. The Hall–Kier alpha value is -1.51. The molecule has 0 saturated heterocycles. The lowest BCUT2D eigenvalue weighted by atomic mass is 10.1. The van der Waals surface area contributed by atoms with E-state index in [0.717, 1.165) is 25.0 Å². The molecule has 0 aliphatic heterocycles. The maximum Gasteiger partial charge on any atom is 0.288 e. The number of rotatable bonds is 11. The molecule has 0 spiro atoms. The van der Waals surface area contributed by atoms with Crippen molar-refractivity contribution in [3.05, 3.63) is 40.8 Å². The van der Waals surface area contributed by atoms with Gasteiger partial charge in [0.15, 0.2) is 5.43 Å². The molecular formula is C17H26O3. The van der Waals surface area contributed by atoms with Crippen LogP contribution in [0.1, 0.15) is 57.1 Å². The SMILES string of the molecule is C=CCCCCCCCCCc1cc(=O)cc(OC)o1. The number of unbranched alkanes of at least 4 members (excludes halogenated alkanes) is 7. The van der Waals surface area contributed by atoms with Gasteiger partial charge in [-0.2, -0.15) is 0 Å². The summed E-state index contributed by atoms with van der Waals surface area (Å²) in [5, 5.41) is 0. The summed E-state index contributed by atoms with van der Waals surface area (Å²) in [7, 11) is 1.51. The number of ether oxygens (including phenoxy) is 1. The van der Waals surface area contributed by atoms with Gasteiger partial charge >= 0.3 is 0 Å². The fraction of sp³-hybridized carbons (Fsp3) is 0.588. The molecule has 112 valence electrons. The molecule has 0 atom stereocenters. The first-order valence-corrected chi connectivity index (χ1v) is 7.55. The highest BCUT2D eigenvalue weighted by Crippen LogP contribution is 2.14. The van der Waals surface area contributed by atoms with E-state index < -0.39 is 0 Å². The minimum absolute atomic E-state index is 0.0506. The van der Waals surface area contributed by atoms with E-state index in [1.54, 1.807) is 6.07 Å². The van der Waals surface area contributed by atoms with E-state index in [-0.39, 0.29) is 5.43 Å². The molecular weight excluding hydrogens is 252 g/mol. The Bertz CT molecular complexity index is 434. The van der Waals surface area contributed by atoms with Crippen molar-refractivity contribution >= 4 is 0 Å². The van der Waals surface area contributed by atoms with Crippen molar-refractivity contribution in [1.29, 1.82) is 0 Å². The van der Waals surface area contributed by atoms with Gasteiger partial charge in [0, 0.05) is 12.5 Å². The monoisotopic (exact) mass is 278 g/mol. The van der Waals surface area contributed by atoms with Gasteiger partial charge in [-0.25, -0.2) is 0 Å². The molecule has 0 radical (unpaired) electrons. The highest BCUT2D eigenvalue weighted by molar-refractivity contribution is 5.10. The zero-order chi connectivity index (χ0) is 14.6. The Balaban J connectivity index is 2.10. The maximum absolute atomic E-state index is 11.4. The molecule has 1 rings (SSSR count). The van der Waals surface area contributed by atoms with E-state index in [1.807, 2.05) is 6.08 Å². The minimum atomic E-state index is -0.0506. The smallest absolute Gasteiger partial charge is 0.288 e. The van der Waals surface area contributed by atoms with E-state index in [9.17, 15) is 4.79 Å². The van der Waals surface area contributed by atoms with Gasteiger partial charge in [-0.1, -0.05) is 38.2 Å². The normalized spacial score (nSPS) is 10.4. The minimum Gasteiger partial charge on any atom is -0.468 e. The molecule has 1 aromatic heterocycles. The molecule has 0 N–H and O–H groups in total. The highest BCUT2D eigenvalue weighted by atomic mass is 16.6. The number of allylic oxidation sites excluding steroid dienone is 1. The van der Waals surface area contributed by atoms with E-state index >= 15 is 0 Å². The standard InChI is InChI=1S/C17H26O3/c1-3-4-5-6-7-8-9-10-11-12-16-13-15(18)14-17(19-2)20-16/h3,13-14H,1,4-12H2,2H3. The Labute approximate surface area is 121 Å². The molecule has 3 nitrogen and oxygen atoms in total. The molecule has 0 aliphatic carbocycles. The van der Waals surface area contributed by atoms with E-state index in [0.29, 0.717) is 5.95 Å². The van der Waals surface area contributed by atoms with Gasteiger partial charge in [-0.3, -0.25) is 4.79 Å². The van der Waals surface area contributed by atoms with Gasteiger partial charge < -0.3 is 9.15 Å². The third-order valence-corrected chi connectivity index (χ3v) is 3.33. The Morgan fingerprint density at radius 1 is 1.10 bits per heavy atom. The summed E-state index contributed by atoms with van der Waals surface area (Å²) in [5.41, 5.74) is -0.0506. The van der Waals surface area contributed by atoms with Crippen LogP contribution in [0.15, 0.2) is 34.0 Å². The molecule has 1 aromatic rings. The topological polar surface area (TPSA) is 39.4 Å². The highest BCUT2D eigenvalue weighted by Gasteiger charge is 2.02. The number of methoxy groups -OCH3 is 1. The largest absolute Gasteiger partial charge is 0.468 e. The number of hydrogen-bond donors (Lipinski definition) is 0. The van der Waals surface area contributed by atoms with Gasteiger partial charge in [0.2, 0.25) is 0 Å². The summed E-state index contributed by atoms with van der Waals surface area (Å²) in [5.74, 6) is 1.02. The molecule has 20 heavy (non-hydrogen) atoms. The number of hydrogen-bond acceptors (Lipinski definition) is 3. The molecule has 0 saturated carbocycles. The van der Waals surface area contributed by atoms with Crippen LogP contribution in [-0.2, 0) is 6.42 Å². The Morgan fingerprint density at radius 3 is 2.40 bits per heavy atom. The summed E-state index contributed by atoms with van der Waals surface area (Å²) in [4.78, 5) is 11.4. The van der Waals surface area contributed by atoms with Crippen molar-refractivity contribution in [3.63, 3.8) is 0 Å². The lowest BCUT2D eigenvalue weighted by Crippen LogP contribution is -2.01. The van der Waals surface area contributed by atoms with Gasteiger partial charge in [-0.05, 0) is 19.3 Å². The van der Waals surface area contributed by atoms with Crippen LogP contribution >= 0.6 is 0 Å². The summed E-state index contributed by atoms with van der Waals surface area (Å²) in [6.45, 7) is 3.73. The molecule has 0 amide bonds. The second kappa shape index (κ2) is 10.3. The first kappa shape index (κ1) is 16.5. The fourth-order valence-electron chi connectivity index (χ4n) is 2.20. The van der Waals surface area contributed by atoms with Crippen LogP contribution < -0.4 is 10.2 Å². The second-order valence-electron chi connectivity index (χ2n) is 5.08. The zero-order valence-electron chi connectivity index (χ0n) is 12.5. The average molecular weight is 278 g/mol. The fourth-order valence-corrected chi connectivity index (χ4v) is 2.20. The summed E-state index contributed by atoms with van der Waals surface area (Å²) < 4.78 is 10.4. The Kier molecular flexibility index (Phi) is 8.52. The zero-order valence-corrected chi connectivity index (χ0v) is 12.5. The van der Waals surface area contributed by atoms with Crippen LogP contribution in [0.5, 0.6) is 5.95 Å². The second-order valence-corrected chi connectivity index (χ2v) is 5.08. The van der Waals surface area contributed by atoms with Gasteiger partial charge in [0.25, 0.3) is 5.95 Å². The van der Waals surface area contributed by atoms with E-state index in [1.165, 1.54) is 51.7 Å². The van der Waals surface area contributed by atoms with Gasteiger partial charge in [0.1, 0.15) is 5.76 Å². The van der Waals surface area contributed by atoms with Crippen molar-refractivity contribution in [2.45, 2.75) is 57.8 Å². The predicted octanol–water partition coefficient (Wildman–Crippen LogP) is 4.50. The maximum atomic E-state index is 11.4. The van der Waals surface area contributed by atoms with Gasteiger partial charge in [0.05, 0.1) is 13.2 Å². The molecule has 0 aliphatic rings. The van der Waals surface area contributed by atoms with Crippen molar-refractivity contribution in [1.82, 2.24) is 0 Å². The molecule has 0 aromatic carbocycles. The van der Waals surface area contributed by atoms with E-state index in [4.69, 9.17) is 9.15 Å². The van der Waals surface area contributed by atoms with Gasteiger partial charge in [-0.15, -0.1) is 6.58 Å². The lowest BCUT2D eigenvalue weighted by molar-refractivity contribution is 0.282. The van der Waals surface area contributed by atoms with E-state index in [2.05, 4.69) is 6.58 Å². The summed E-state index contributed by atoms with van der Waals surface area (Å²) in [6, 6.07) is 2.92. The molecule has 0 fully saturated rings. The van der Waals surface area contributed by atoms with Crippen molar-refractivity contribution in [2.75, 3.05) is 7.11 Å². The van der Waals surface area contributed by atoms with Crippen molar-refractivity contribution < 1.29 is 9.15 Å². The van der Waals surface area contributed by atoms with Crippen molar-refractivity contribution in [2.24, 2.45) is 0 Å². The van der Waals surface area contributed by atoms with Crippen LogP contribution in [0.25, 0.3) is 0 Å². The Morgan fingerprint density at radius 2 is 1.75 bits per heavy atom. The molecule has 3 heteroatoms. The van der Waals surface area contributed by atoms with Crippen LogP contribution in [0.3, 0.4) is 0 Å². The van der Waals surface area contributed by atoms with Crippen LogP contribution in [0.4, 0.5) is 0 Å². The average Bonchev–Trinajstić information content (AvgIpc) is 2.45. The third-order valence-electron chi connectivity index (χ3n) is 3.33. The van der Waals surface area contributed by atoms with Crippen LogP contribution in [-0.4, -0.2) is 7.11 Å². The first-order chi connectivity index (χ1) is 9.76. The van der Waals surface area contributed by atoms with Crippen molar-refractivity contribution in [3.8, 4) is 5.95 Å². The number of aryl methyl sites for hydroxylation is 1. The summed E-state index contributed by atoms with van der Waals surface area (Å²) in [6.07, 6.45) is 12.6. The summed E-state index contributed by atoms with van der Waals surface area (Å²) >= 11 is 0. The molecule has 0 unspecified atom stereocenters. The quantitative estimate of drug-likeness (QED) is 0.442. The van der Waals surface area contributed by atoms with Crippen LogP contribution in [0.2, 0.25) is 0 Å². The molecule has 0 bridgehead atoms. The lowest BCUT2D eigenvalue weighted by Gasteiger charge is -2.03. The predicted molar refractivity (Wildman–Crippen MR) is 82.4 cm³/mol. The molecule has 1 heterocycles. The van der Waals surface area contributed by atoms with Crippen LogP contribution in [0, 0.1) is 0 Å².